The zero-order valence-corrected chi connectivity index (χ0v) is 13.1. The molecule has 19 heavy (non-hydrogen) atoms. The monoisotopic (exact) mass is 384 g/mol. The lowest BCUT2D eigenvalue weighted by atomic mass is 10.0. The summed E-state index contributed by atoms with van der Waals surface area (Å²) in [5, 5.41) is -0.299. The zero-order valence-electron chi connectivity index (χ0n) is 9.23. The van der Waals surface area contributed by atoms with Crippen molar-refractivity contribution in [3.05, 3.63) is 67.6 Å². The Balaban J connectivity index is 2.52. The molecule has 0 spiro atoms. The second kappa shape index (κ2) is 5.96. The fourth-order valence-electron chi connectivity index (χ4n) is 1.61. The fourth-order valence-corrected chi connectivity index (χ4v) is 2.95. The molecule has 0 nitrogen and oxygen atoms in total. The van der Waals surface area contributed by atoms with E-state index in [4.69, 9.17) is 34.8 Å². The van der Waals surface area contributed by atoms with Crippen molar-refractivity contribution in [2.24, 2.45) is 0 Å². The summed E-state index contributed by atoms with van der Waals surface area (Å²) in [6.07, 6.45) is 0. The van der Waals surface area contributed by atoms with E-state index in [1.165, 1.54) is 0 Å². The van der Waals surface area contributed by atoms with Gasteiger partial charge in [-0.05, 0) is 41.5 Å². The number of benzene rings is 2. The second-order valence-electron chi connectivity index (χ2n) is 3.82. The van der Waals surface area contributed by atoms with Gasteiger partial charge in [0.15, 0.2) is 11.6 Å². The van der Waals surface area contributed by atoms with Crippen LogP contribution in [0.15, 0.2) is 34.8 Å². The molecule has 2 aromatic rings. The first-order valence-corrected chi connectivity index (χ1v) is 7.12. The van der Waals surface area contributed by atoms with E-state index in [9.17, 15) is 8.78 Å². The highest BCUT2D eigenvalue weighted by Gasteiger charge is 2.20. The van der Waals surface area contributed by atoms with Gasteiger partial charge in [-0.1, -0.05) is 39.1 Å². The molecule has 0 bridgehead atoms. The topological polar surface area (TPSA) is 0 Å². The molecule has 0 amide bonds. The Labute approximate surface area is 132 Å². The molecule has 0 aliphatic carbocycles. The maximum Gasteiger partial charge on any atom is 0.160 e. The number of halogens is 6. The van der Waals surface area contributed by atoms with Crippen LogP contribution in [0.4, 0.5) is 8.78 Å². The summed E-state index contributed by atoms with van der Waals surface area (Å²) in [6, 6.07) is 6.99. The molecule has 0 aromatic heterocycles. The average Bonchev–Trinajstić information content (AvgIpc) is 2.36. The van der Waals surface area contributed by atoms with Crippen LogP contribution in [0.1, 0.15) is 16.5 Å². The van der Waals surface area contributed by atoms with Gasteiger partial charge in [0.25, 0.3) is 0 Å². The second-order valence-corrected chi connectivity index (χ2v) is 5.98. The van der Waals surface area contributed by atoms with E-state index < -0.39 is 17.0 Å². The fraction of sp³-hybridized carbons (Fsp3) is 0.0769. The van der Waals surface area contributed by atoms with Gasteiger partial charge < -0.3 is 0 Å². The van der Waals surface area contributed by atoms with Crippen molar-refractivity contribution >= 4 is 50.7 Å². The Bertz CT molecular complexity index is 632. The van der Waals surface area contributed by atoms with E-state index in [1.807, 2.05) is 0 Å². The first kappa shape index (κ1) is 15.0. The van der Waals surface area contributed by atoms with E-state index in [-0.39, 0.29) is 10.6 Å². The number of rotatable bonds is 2. The lowest BCUT2D eigenvalue weighted by Crippen LogP contribution is -1.98. The van der Waals surface area contributed by atoms with E-state index in [2.05, 4.69) is 15.9 Å². The van der Waals surface area contributed by atoms with Crippen LogP contribution < -0.4 is 0 Å². The predicted molar refractivity (Wildman–Crippen MR) is 78.2 cm³/mol. The third-order valence-electron chi connectivity index (χ3n) is 2.54. The minimum atomic E-state index is -1.02. The minimum absolute atomic E-state index is 0.0509. The van der Waals surface area contributed by atoms with Crippen molar-refractivity contribution in [2.45, 2.75) is 5.38 Å². The molecule has 0 radical (unpaired) electrons. The molecule has 2 rings (SSSR count). The first-order valence-electron chi connectivity index (χ1n) is 5.13. The van der Waals surface area contributed by atoms with Crippen molar-refractivity contribution in [3.8, 4) is 0 Å². The third kappa shape index (κ3) is 3.22. The lowest BCUT2D eigenvalue weighted by Gasteiger charge is -2.14. The van der Waals surface area contributed by atoms with E-state index in [0.717, 1.165) is 16.6 Å². The Morgan fingerprint density at radius 3 is 2.16 bits per heavy atom. The third-order valence-corrected chi connectivity index (χ3v) is 4.18. The Morgan fingerprint density at radius 2 is 1.47 bits per heavy atom. The van der Waals surface area contributed by atoms with Crippen molar-refractivity contribution < 1.29 is 8.78 Å². The summed E-state index contributed by atoms with van der Waals surface area (Å²) in [5.74, 6) is -2.02. The molecule has 1 unspecified atom stereocenters. The van der Waals surface area contributed by atoms with Crippen molar-refractivity contribution in [3.63, 3.8) is 0 Å². The van der Waals surface area contributed by atoms with Gasteiger partial charge in [-0.2, -0.15) is 0 Å². The normalized spacial score (nSPS) is 12.5. The van der Waals surface area contributed by atoms with E-state index >= 15 is 0 Å². The highest BCUT2D eigenvalue weighted by molar-refractivity contribution is 9.10. The molecule has 0 saturated carbocycles. The van der Waals surface area contributed by atoms with Crippen LogP contribution in [0.3, 0.4) is 0 Å². The summed E-state index contributed by atoms with van der Waals surface area (Å²) in [7, 11) is 0. The van der Waals surface area contributed by atoms with E-state index in [0.29, 0.717) is 10.6 Å². The molecule has 100 valence electrons. The van der Waals surface area contributed by atoms with Gasteiger partial charge in [0.05, 0.1) is 5.38 Å². The molecule has 0 aliphatic rings. The van der Waals surface area contributed by atoms with Gasteiger partial charge in [0.1, 0.15) is 0 Å². The van der Waals surface area contributed by atoms with Gasteiger partial charge in [0.2, 0.25) is 0 Å². The highest BCUT2D eigenvalue weighted by Crippen LogP contribution is 2.38. The molecule has 1 atom stereocenters. The minimum Gasteiger partial charge on any atom is -0.204 e. The van der Waals surface area contributed by atoms with E-state index in [1.54, 1.807) is 18.2 Å². The quantitative estimate of drug-likeness (QED) is 0.416. The highest BCUT2D eigenvalue weighted by atomic mass is 79.9. The number of hydrogen-bond donors (Lipinski definition) is 0. The Kier molecular flexibility index (Phi) is 4.72. The molecule has 0 fully saturated rings. The average molecular weight is 386 g/mol. The van der Waals surface area contributed by atoms with Gasteiger partial charge in [-0.3, -0.25) is 0 Å². The standard InChI is InChI=1S/C13H6BrCl3F2/c14-6-1-2-9(15)7(3-6)13(17)8-4-11(18)12(19)5-10(8)16/h1-5,13H. The molecular weight excluding hydrogens is 380 g/mol. The van der Waals surface area contributed by atoms with Crippen LogP contribution in [-0.2, 0) is 0 Å². The summed E-state index contributed by atoms with van der Waals surface area (Å²) >= 11 is 21.5. The molecule has 0 saturated heterocycles. The molecule has 0 heterocycles. The first-order chi connectivity index (χ1) is 8.90. The van der Waals surface area contributed by atoms with Crippen LogP contribution in [0.5, 0.6) is 0 Å². The van der Waals surface area contributed by atoms with Crippen molar-refractivity contribution in [1.82, 2.24) is 0 Å². The van der Waals surface area contributed by atoms with Gasteiger partial charge in [0, 0.05) is 14.5 Å². The molecule has 2 aromatic carbocycles. The summed E-state index contributed by atoms with van der Waals surface area (Å²) < 4.78 is 27.1. The van der Waals surface area contributed by atoms with Gasteiger partial charge in [-0.15, -0.1) is 11.6 Å². The molecule has 6 heteroatoms. The van der Waals surface area contributed by atoms with Crippen LogP contribution in [0.25, 0.3) is 0 Å². The van der Waals surface area contributed by atoms with Gasteiger partial charge >= 0.3 is 0 Å². The molecule has 0 aliphatic heterocycles. The Hall–Kier alpha value is -0.350. The number of hydrogen-bond acceptors (Lipinski definition) is 0. The Morgan fingerprint density at radius 1 is 0.895 bits per heavy atom. The zero-order chi connectivity index (χ0) is 14.2. The maximum absolute atomic E-state index is 13.3. The van der Waals surface area contributed by atoms with Crippen molar-refractivity contribution in [1.29, 1.82) is 0 Å². The smallest absolute Gasteiger partial charge is 0.160 e. The predicted octanol–water partition coefficient (Wildman–Crippen LogP) is 6.36. The summed E-state index contributed by atoms with van der Waals surface area (Å²) in [6.45, 7) is 0. The molecule has 0 N–H and O–H groups in total. The summed E-state index contributed by atoms with van der Waals surface area (Å²) in [5.41, 5.74) is 0.827. The van der Waals surface area contributed by atoms with Crippen LogP contribution >= 0.6 is 50.7 Å². The van der Waals surface area contributed by atoms with Crippen LogP contribution in [0.2, 0.25) is 10.0 Å². The number of alkyl halides is 1. The van der Waals surface area contributed by atoms with Crippen LogP contribution in [0, 0.1) is 11.6 Å². The van der Waals surface area contributed by atoms with Gasteiger partial charge in [-0.25, -0.2) is 8.78 Å². The summed E-state index contributed by atoms with van der Waals surface area (Å²) in [4.78, 5) is 0. The largest absolute Gasteiger partial charge is 0.204 e. The molecular formula is C13H6BrCl3F2. The van der Waals surface area contributed by atoms with Crippen LogP contribution in [-0.4, -0.2) is 0 Å². The maximum atomic E-state index is 13.3. The lowest BCUT2D eigenvalue weighted by molar-refractivity contribution is 0.507. The SMILES string of the molecule is Fc1cc(Cl)c(C(Cl)c2cc(Br)ccc2Cl)cc1F. The van der Waals surface area contributed by atoms with Crippen molar-refractivity contribution in [2.75, 3.05) is 0 Å².